The van der Waals surface area contributed by atoms with E-state index in [2.05, 4.69) is 43.6 Å². The zero-order valence-corrected chi connectivity index (χ0v) is 18.6. The maximum Gasteiger partial charge on any atom is 0.220 e. The molecule has 2 heterocycles. The number of guanidine groups is 1. The van der Waals surface area contributed by atoms with Crippen molar-refractivity contribution < 1.29 is 4.79 Å². The van der Waals surface area contributed by atoms with Crippen LogP contribution < -0.4 is 15.5 Å². The van der Waals surface area contributed by atoms with E-state index >= 15 is 0 Å². The van der Waals surface area contributed by atoms with E-state index in [0.717, 1.165) is 56.1 Å². The van der Waals surface area contributed by atoms with Crippen LogP contribution in [0, 0.1) is 5.92 Å². The fourth-order valence-electron chi connectivity index (χ4n) is 3.96. The zero-order chi connectivity index (χ0) is 20.5. The smallest absolute Gasteiger partial charge is 0.220 e. The van der Waals surface area contributed by atoms with Crippen molar-refractivity contribution in [1.29, 1.82) is 0 Å². The Morgan fingerprint density at radius 1 is 1.17 bits per heavy atom. The molecule has 0 spiro atoms. The van der Waals surface area contributed by atoms with Crippen molar-refractivity contribution in [2.24, 2.45) is 10.9 Å². The summed E-state index contributed by atoms with van der Waals surface area (Å²) in [6.07, 6.45) is 6.53. The fourth-order valence-corrected chi connectivity index (χ4v) is 4.76. The predicted molar refractivity (Wildman–Crippen MR) is 119 cm³/mol. The van der Waals surface area contributed by atoms with Crippen molar-refractivity contribution in [3.05, 3.63) is 5.82 Å². The average molecular weight is 422 g/mol. The van der Waals surface area contributed by atoms with Gasteiger partial charge in [-0.05, 0) is 25.7 Å². The Morgan fingerprint density at radius 2 is 1.93 bits per heavy atom. The molecule has 0 radical (unpaired) electrons. The summed E-state index contributed by atoms with van der Waals surface area (Å²) < 4.78 is 4.39. The van der Waals surface area contributed by atoms with Crippen LogP contribution in [0.2, 0.25) is 0 Å². The lowest BCUT2D eigenvalue weighted by Crippen LogP contribution is -2.52. The first-order valence-corrected chi connectivity index (χ1v) is 11.8. The predicted octanol–water partition coefficient (Wildman–Crippen LogP) is 1.88. The molecule has 2 aliphatic rings. The number of aliphatic imine (C=N–C) groups is 1. The van der Waals surface area contributed by atoms with Crippen LogP contribution in [0.25, 0.3) is 0 Å². The van der Waals surface area contributed by atoms with Crippen molar-refractivity contribution in [2.45, 2.75) is 52.4 Å². The number of aryl methyl sites for hydroxylation is 1. The van der Waals surface area contributed by atoms with E-state index in [0.29, 0.717) is 25.4 Å². The molecular weight excluding hydrogens is 386 g/mol. The quantitative estimate of drug-likeness (QED) is 0.379. The van der Waals surface area contributed by atoms with Crippen LogP contribution in [0.4, 0.5) is 5.13 Å². The fraction of sp³-hybridized carbons (Fsp3) is 0.800. The van der Waals surface area contributed by atoms with Crippen LogP contribution >= 0.6 is 11.5 Å². The summed E-state index contributed by atoms with van der Waals surface area (Å²) in [6, 6.07) is 0. The number of anilines is 1. The van der Waals surface area contributed by atoms with Gasteiger partial charge in [-0.2, -0.15) is 4.37 Å². The molecule has 1 amide bonds. The van der Waals surface area contributed by atoms with E-state index in [1.54, 1.807) is 0 Å². The third-order valence-electron chi connectivity index (χ3n) is 5.60. The highest BCUT2D eigenvalue weighted by atomic mass is 32.1. The number of piperazine rings is 1. The Hall–Kier alpha value is -1.90. The molecular formula is C20H35N7OS. The van der Waals surface area contributed by atoms with Crippen LogP contribution in [0.5, 0.6) is 0 Å². The van der Waals surface area contributed by atoms with Crippen molar-refractivity contribution >= 4 is 28.5 Å². The zero-order valence-electron chi connectivity index (χ0n) is 17.8. The van der Waals surface area contributed by atoms with Crippen molar-refractivity contribution in [2.75, 3.05) is 50.7 Å². The SMILES string of the molecule is CCNC(=NCCNC(=O)CC1CCCC1)N1CCN(c2nc(CC)ns2)CC1. The molecule has 1 saturated heterocycles. The van der Waals surface area contributed by atoms with Gasteiger partial charge in [0.2, 0.25) is 11.0 Å². The highest BCUT2D eigenvalue weighted by Gasteiger charge is 2.22. The molecule has 162 valence electrons. The Morgan fingerprint density at radius 3 is 2.59 bits per heavy atom. The first kappa shape index (κ1) is 21.8. The lowest BCUT2D eigenvalue weighted by atomic mass is 10.0. The third kappa shape index (κ3) is 6.55. The number of hydrogen-bond acceptors (Lipinski definition) is 6. The molecule has 1 aromatic heterocycles. The van der Waals surface area contributed by atoms with Gasteiger partial charge in [-0.15, -0.1) is 0 Å². The molecule has 0 bridgehead atoms. The normalized spacial score (nSPS) is 18.3. The van der Waals surface area contributed by atoms with Crippen LogP contribution in [0.1, 0.15) is 51.8 Å². The summed E-state index contributed by atoms with van der Waals surface area (Å²) in [4.78, 5) is 26.0. The average Bonchev–Trinajstić information content (AvgIpc) is 3.42. The van der Waals surface area contributed by atoms with Gasteiger partial charge in [0, 0.05) is 63.6 Å². The molecule has 3 rings (SSSR count). The van der Waals surface area contributed by atoms with E-state index in [9.17, 15) is 4.79 Å². The Bertz CT molecular complexity index is 664. The minimum atomic E-state index is 0.175. The summed E-state index contributed by atoms with van der Waals surface area (Å²) >= 11 is 1.49. The number of rotatable bonds is 8. The molecule has 0 atom stereocenters. The topological polar surface area (TPSA) is 85.8 Å². The van der Waals surface area contributed by atoms with E-state index in [1.807, 2.05) is 0 Å². The molecule has 9 heteroatoms. The Labute approximate surface area is 178 Å². The number of nitrogens with one attached hydrogen (secondary N) is 2. The molecule has 8 nitrogen and oxygen atoms in total. The molecule has 1 aliphatic heterocycles. The maximum absolute atomic E-state index is 12.1. The van der Waals surface area contributed by atoms with Gasteiger partial charge in [0.05, 0.1) is 6.54 Å². The number of hydrogen-bond donors (Lipinski definition) is 2. The van der Waals surface area contributed by atoms with Crippen LogP contribution in [-0.2, 0) is 11.2 Å². The third-order valence-corrected chi connectivity index (χ3v) is 6.42. The highest BCUT2D eigenvalue weighted by molar-refractivity contribution is 7.09. The number of amides is 1. The summed E-state index contributed by atoms with van der Waals surface area (Å²) in [5.74, 6) is 2.63. The van der Waals surface area contributed by atoms with Gasteiger partial charge < -0.3 is 20.4 Å². The van der Waals surface area contributed by atoms with E-state index < -0.39 is 0 Å². The van der Waals surface area contributed by atoms with Crippen LogP contribution in [0.15, 0.2) is 4.99 Å². The van der Waals surface area contributed by atoms with Crippen molar-refractivity contribution in [3.63, 3.8) is 0 Å². The second-order valence-corrected chi connectivity index (χ2v) is 8.49. The van der Waals surface area contributed by atoms with Gasteiger partial charge >= 0.3 is 0 Å². The second-order valence-electron chi connectivity index (χ2n) is 7.76. The summed E-state index contributed by atoms with van der Waals surface area (Å²) in [7, 11) is 0. The van der Waals surface area contributed by atoms with Crippen LogP contribution in [0.3, 0.4) is 0 Å². The summed E-state index contributed by atoms with van der Waals surface area (Å²) in [6.45, 7) is 9.86. The summed E-state index contributed by atoms with van der Waals surface area (Å²) in [5.41, 5.74) is 0. The highest BCUT2D eigenvalue weighted by Crippen LogP contribution is 2.27. The Balaban J connectivity index is 1.42. The maximum atomic E-state index is 12.1. The number of carbonyl (C=O) groups is 1. The van der Waals surface area contributed by atoms with Crippen molar-refractivity contribution in [3.8, 4) is 0 Å². The van der Waals surface area contributed by atoms with E-state index in [1.165, 1.54) is 37.2 Å². The lowest BCUT2D eigenvalue weighted by Gasteiger charge is -2.36. The number of nitrogens with zero attached hydrogens (tertiary/aromatic N) is 5. The number of aromatic nitrogens is 2. The lowest BCUT2D eigenvalue weighted by molar-refractivity contribution is -0.121. The van der Waals surface area contributed by atoms with E-state index in [-0.39, 0.29) is 5.91 Å². The van der Waals surface area contributed by atoms with E-state index in [4.69, 9.17) is 4.99 Å². The standard InChI is InChI=1S/C20H35N7OS/c1-3-17-24-20(29-25-17)27-13-11-26(12-14-27)19(21-4-2)23-10-9-22-18(28)15-16-7-5-6-8-16/h16H,3-15H2,1-2H3,(H,21,23)(H,22,28). The first-order valence-electron chi connectivity index (χ1n) is 11.1. The Kier molecular flexibility index (Phi) is 8.52. The van der Waals surface area contributed by atoms with Crippen molar-refractivity contribution in [1.82, 2.24) is 24.9 Å². The van der Waals surface area contributed by atoms with Gasteiger partial charge in [-0.3, -0.25) is 9.79 Å². The minimum Gasteiger partial charge on any atom is -0.357 e. The van der Waals surface area contributed by atoms with Gasteiger partial charge in [0.15, 0.2) is 5.96 Å². The molecule has 0 aromatic carbocycles. The minimum absolute atomic E-state index is 0.175. The number of carbonyl (C=O) groups excluding carboxylic acids is 1. The molecule has 1 aliphatic carbocycles. The van der Waals surface area contributed by atoms with Gasteiger partial charge in [0.1, 0.15) is 5.82 Å². The largest absolute Gasteiger partial charge is 0.357 e. The molecule has 1 saturated carbocycles. The van der Waals surface area contributed by atoms with Gasteiger partial charge in [-0.25, -0.2) is 4.98 Å². The molecule has 1 aromatic rings. The first-order chi connectivity index (χ1) is 14.2. The summed E-state index contributed by atoms with van der Waals surface area (Å²) in [5, 5.41) is 7.44. The second kappa shape index (κ2) is 11.3. The molecule has 2 N–H and O–H groups in total. The van der Waals surface area contributed by atoms with Gasteiger partial charge in [-0.1, -0.05) is 19.8 Å². The van der Waals surface area contributed by atoms with Crippen LogP contribution in [-0.4, -0.2) is 71.9 Å². The molecule has 29 heavy (non-hydrogen) atoms. The molecule has 0 unspecified atom stereocenters. The monoisotopic (exact) mass is 421 g/mol. The molecule has 2 fully saturated rings. The van der Waals surface area contributed by atoms with Gasteiger partial charge in [0.25, 0.3) is 0 Å².